The molecule has 0 unspecified atom stereocenters. The molecule has 0 aliphatic carbocycles. The number of rotatable bonds is 3. The molecule has 0 bridgehead atoms. The van der Waals surface area contributed by atoms with Gasteiger partial charge in [0.2, 0.25) is 0 Å². The molecular weight excluding hydrogens is 258 g/mol. The molecule has 0 fully saturated rings. The first-order valence-electron chi connectivity index (χ1n) is 3.69. The van der Waals surface area contributed by atoms with Crippen molar-refractivity contribution in [1.29, 1.82) is 0 Å². The van der Waals surface area contributed by atoms with Crippen LogP contribution in [0, 0.1) is 0 Å². The largest absolute Gasteiger partial charge is 0.389 e. The third-order valence-electron chi connectivity index (χ3n) is 1.50. The zero-order valence-corrected chi connectivity index (χ0v) is 9.79. The average molecular weight is 266 g/mol. The number of nitrogens with one attached hydrogen (secondary N) is 1. The van der Waals surface area contributed by atoms with Crippen molar-refractivity contribution in [1.82, 2.24) is 0 Å². The summed E-state index contributed by atoms with van der Waals surface area (Å²) in [6, 6.07) is 4.43. The maximum Gasteiger partial charge on any atom is 0.296 e. The van der Waals surface area contributed by atoms with Crippen LogP contribution in [0.25, 0.3) is 0 Å². The predicted octanol–water partition coefficient (Wildman–Crippen LogP) is 0.590. The SMILES string of the molecule is NC(=S)c1ccc(Cl)cc1NS(N)(=O)=O. The van der Waals surface area contributed by atoms with E-state index >= 15 is 0 Å². The van der Waals surface area contributed by atoms with E-state index in [1.807, 2.05) is 0 Å². The van der Waals surface area contributed by atoms with E-state index in [2.05, 4.69) is 4.72 Å². The van der Waals surface area contributed by atoms with E-state index in [1.54, 1.807) is 6.07 Å². The standard InChI is InChI=1S/C7H8ClN3O2S2/c8-4-1-2-5(7(9)14)6(3-4)11-15(10,12)13/h1-3,11H,(H2,9,14)(H2,10,12,13). The third kappa shape index (κ3) is 3.63. The Morgan fingerprint density at radius 3 is 2.53 bits per heavy atom. The zero-order valence-electron chi connectivity index (χ0n) is 7.40. The summed E-state index contributed by atoms with van der Waals surface area (Å²) in [5.74, 6) is 0. The van der Waals surface area contributed by atoms with E-state index in [4.69, 9.17) is 34.7 Å². The molecule has 15 heavy (non-hydrogen) atoms. The molecule has 5 N–H and O–H groups in total. The van der Waals surface area contributed by atoms with E-state index in [-0.39, 0.29) is 10.7 Å². The van der Waals surface area contributed by atoms with Crippen LogP contribution >= 0.6 is 23.8 Å². The average Bonchev–Trinajstić information content (AvgIpc) is 1.99. The normalized spacial score (nSPS) is 11.1. The van der Waals surface area contributed by atoms with Gasteiger partial charge in [0.05, 0.1) is 5.69 Å². The number of nitrogens with two attached hydrogens (primary N) is 2. The summed E-state index contributed by atoms with van der Waals surface area (Å²) in [7, 11) is -3.87. The molecule has 1 aromatic rings. The van der Waals surface area contributed by atoms with Gasteiger partial charge in [-0.3, -0.25) is 4.72 Å². The molecule has 1 rings (SSSR count). The number of hydrogen-bond donors (Lipinski definition) is 3. The van der Waals surface area contributed by atoms with Crippen molar-refractivity contribution in [2.24, 2.45) is 10.9 Å². The van der Waals surface area contributed by atoms with Crippen LogP contribution in [0.2, 0.25) is 5.02 Å². The minimum Gasteiger partial charge on any atom is -0.389 e. The van der Waals surface area contributed by atoms with Gasteiger partial charge in [0.25, 0.3) is 10.2 Å². The van der Waals surface area contributed by atoms with Crippen molar-refractivity contribution >= 4 is 44.7 Å². The van der Waals surface area contributed by atoms with E-state index in [1.165, 1.54) is 12.1 Å². The van der Waals surface area contributed by atoms with Crippen molar-refractivity contribution in [3.63, 3.8) is 0 Å². The Bertz CT molecular complexity index is 501. The molecule has 1 aromatic carbocycles. The number of thiocarbonyl (C=S) groups is 1. The van der Waals surface area contributed by atoms with Gasteiger partial charge in [-0.25, -0.2) is 5.14 Å². The Balaban J connectivity index is 3.25. The molecule has 82 valence electrons. The quantitative estimate of drug-likeness (QED) is 0.697. The monoisotopic (exact) mass is 265 g/mol. The van der Waals surface area contributed by atoms with Gasteiger partial charge in [0, 0.05) is 10.6 Å². The van der Waals surface area contributed by atoms with Crippen LogP contribution in [-0.2, 0) is 10.2 Å². The summed E-state index contributed by atoms with van der Waals surface area (Å²) in [5.41, 5.74) is 5.92. The van der Waals surface area contributed by atoms with E-state index in [0.717, 1.165) is 0 Å². The molecule has 0 atom stereocenters. The highest BCUT2D eigenvalue weighted by atomic mass is 35.5. The van der Waals surface area contributed by atoms with Gasteiger partial charge in [-0.1, -0.05) is 23.8 Å². The van der Waals surface area contributed by atoms with Crippen LogP contribution in [0.3, 0.4) is 0 Å². The van der Waals surface area contributed by atoms with Crippen LogP contribution in [0.5, 0.6) is 0 Å². The van der Waals surface area contributed by atoms with Crippen molar-refractivity contribution in [2.45, 2.75) is 0 Å². The molecule has 0 aliphatic rings. The molecule has 0 heterocycles. The van der Waals surface area contributed by atoms with Gasteiger partial charge in [-0.15, -0.1) is 0 Å². The lowest BCUT2D eigenvalue weighted by Gasteiger charge is -2.09. The second kappa shape index (κ2) is 4.31. The molecule has 0 radical (unpaired) electrons. The molecule has 0 amide bonds. The lowest BCUT2D eigenvalue weighted by molar-refractivity contribution is 0.603. The van der Waals surface area contributed by atoms with Crippen LogP contribution in [0.15, 0.2) is 18.2 Å². The maximum absolute atomic E-state index is 10.8. The number of benzene rings is 1. The van der Waals surface area contributed by atoms with Crippen LogP contribution in [0.4, 0.5) is 5.69 Å². The lowest BCUT2D eigenvalue weighted by atomic mass is 10.2. The van der Waals surface area contributed by atoms with E-state index in [0.29, 0.717) is 10.6 Å². The third-order valence-corrected chi connectivity index (χ3v) is 2.46. The van der Waals surface area contributed by atoms with Gasteiger partial charge >= 0.3 is 0 Å². The van der Waals surface area contributed by atoms with Crippen LogP contribution in [0.1, 0.15) is 5.56 Å². The first-order chi connectivity index (χ1) is 6.79. The van der Waals surface area contributed by atoms with Crippen molar-refractivity contribution in [3.05, 3.63) is 28.8 Å². The predicted molar refractivity (Wildman–Crippen MR) is 64.1 cm³/mol. The fourth-order valence-corrected chi connectivity index (χ4v) is 1.79. The molecule has 0 spiro atoms. The second-order valence-electron chi connectivity index (χ2n) is 2.70. The zero-order chi connectivity index (χ0) is 11.6. The molecule has 0 aliphatic heterocycles. The highest BCUT2D eigenvalue weighted by molar-refractivity contribution is 7.90. The fraction of sp³-hybridized carbons (Fsp3) is 0. The van der Waals surface area contributed by atoms with Gasteiger partial charge in [-0.05, 0) is 18.2 Å². The Hall–Kier alpha value is -0.890. The summed E-state index contributed by atoms with van der Waals surface area (Å²) < 4.78 is 23.7. The highest BCUT2D eigenvalue weighted by Crippen LogP contribution is 2.21. The number of anilines is 1. The first kappa shape index (κ1) is 12.2. The minimum atomic E-state index is -3.87. The van der Waals surface area contributed by atoms with Crippen molar-refractivity contribution in [3.8, 4) is 0 Å². The number of hydrogen-bond acceptors (Lipinski definition) is 3. The maximum atomic E-state index is 10.8. The van der Waals surface area contributed by atoms with Crippen LogP contribution < -0.4 is 15.6 Å². The molecule has 0 saturated heterocycles. The first-order valence-corrected chi connectivity index (χ1v) is 6.03. The summed E-state index contributed by atoms with van der Waals surface area (Å²) in [5, 5.41) is 5.17. The molecule has 5 nitrogen and oxygen atoms in total. The van der Waals surface area contributed by atoms with Crippen molar-refractivity contribution in [2.75, 3.05) is 4.72 Å². The lowest BCUT2D eigenvalue weighted by Crippen LogP contribution is -2.24. The Morgan fingerprint density at radius 2 is 2.07 bits per heavy atom. The fourth-order valence-electron chi connectivity index (χ4n) is 0.969. The molecular formula is C7H8ClN3O2S2. The molecule has 0 saturated carbocycles. The van der Waals surface area contributed by atoms with Gasteiger partial charge in [0.15, 0.2) is 0 Å². The molecule has 0 aromatic heterocycles. The van der Waals surface area contributed by atoms with Crippen molar-refractivity contribution < 1.29 is 8.42 Å². The Labute approximate surface area is 97.6 Å². The summed E-state index contributed by atoms with van der Waals surface area (Å²) in [4.78, 5) is 0.0535. The Morgan fingerprint density at radius 1 is 1.47 bits per heavy atom. The van der Waals surface area contributed by atoms with Gasteiger partial charge in [-0.2, -0.15) is 8.42 Å². The highest BCUT2D eigenvalue weighted by Gasteiger charge is 2.10. The van der Waals surface area contributed by atoms with E-state index in [9.17, 15) is 8.42 Å². The summed E-state index contributed by atoms with van der Waals surface area (Å²) >= 11 is 10.4. The van der Waals surface area contributed by atoms with Gasteiger partial charge in [0.1, 0.15) is 4.99 Å². The summed E-state index contributed by atoms with van der Waals surface area (Å²) in [6.45, 7) is 0. The van der Waals surface area contributed by atoms with Crippen LogP contribution in [-0.4, -0.2) is 13.4 Å². The number of halogens is 1. The Kier molecular flexibility index (Phi) is 3.50. The van der Waals surface area contributed by atoms with Gasteiger partial charge < -0.3 is 5.73 Å². The molecule has 8 heteroatoms. The smallest absolute Gasteiger partial charge is 0.296 e. The minimum absolute atomic E-state index is 0.0535. The van der Waals surface area contributed by atoms with E-state index < -0.39 is 10.2 Å². The summed E-state index contributed by atoms with van der Waals surface area (Å²) in [6.07, 6.45) is 0. The topological polar surface area (TPSA) is 98.2 Å². The second-order valence-corrected chi connectivity index (χ2v) is 4.87.